The van der Waals surface area contributed by atoms with Gasteiger partial charge in [0.2, 0.25) is 0 Å². The van der Waals surface area contributed by atoms with E-state index in [1.54, 1.807) is 36.4 Å². The van der Waals surface area contributed by atoms with Crippen molar-refractivity contribution in [1.29, 1.82) is 5.26 Å². The minimum Gasteiger partial charge on any atom is -0.400 e. The van der Waals surface area contributed by atoms with E-state index in [1.807, 2.05) is 6.07 Å². The first-order valence-corrected chi connectivity index (χ1v) is 6.45. The molecule has 0 bridgehead atoms. The van der Waals surface area contributed by atoms with Crippen LogP contribution in [0.25, 0.3) is 22.1 Å². The van der Waals surface area contributed by atoms with Crippen LogP contribution in [0.3, 0.4) is 0 Å². The monoisotopic (exact) mass is 294 g/mol. The summed E-state index contributed by atoms with van der Waals surface area (Å²) in [7, 11) is 0. The Bertz CT molecular complexity index is 894. The summed E-state index contributed by atoms with van der Waals surface area (Å²) in [5, 5.41) is 30.2. The van der Waals surface area contributed by atoms with E-state index in [0.717, 1.165) is 0 Å². The molecule has 0 radical (unpaired) electrons. The molecule has 22 heavy (non-hydrogen) atoms. The molecule has 2 aromatic carbocycles. The van der Waals surface area contributed by atoms with Gasteiger partial charge in [-0.2, -0.15) is 5.26 Å². The van der Waals surface area contributed by atoms with Crippen molar-refractivity contribution in [2.45, 2.75) is 6.10 Å². The second-order valence-electron chi connectivity index (χ2n) is 4.69. The van der Waals surface area contributed by atoms with Crippen molar-refractivity contribution in [1.82, 2.24) is 0 Å². The van der Waals surface area contributed by atoms with Crippen molar-refractivity contribution in [2.75, 3.05) is 0 Å². The van der Waals surface area contributed by atoms with Crippen molar-refractivity contribution in [3.63, 3.8) is 0 Å². The number of benzene rings is 2. The SMILES string of the molecule is N#CC(O)c1ccc2oc([N+](=O)[O-])c(-c3ccccc3)c2c1. The molecule has 0 aliphatic carbocycles. The first-order valence-electron chi connectivity index (χ1n) is 6.45. The van der Waals surface area contributed by atoms with Gasteiger partial charge in [0.15, 0.2) is 6.10 Å². The quantitative estimate of drug-likeness (QED) is 0.452. The van der Waals surface area contributed by atoms with E-state index in [4.69, 9.17) is 9.68 Å². The smallest absolute Gasteiger partial charge is 0.400 e. The van der Waals surface area contributed by atoms with Crippen LogP contribution in [0, 0.1) is 21.4 Å². The largest absolute Gasteiger partial charge is 0.442 e. The number of hydrogen-bond donors (Lipinski definition) is 1. The number of nitrogens with zero attached hydrogens (tertiary/aromatic N) is 2. The molecule has 0 saturated heterocycles. The van der Waals surface area contributed by atoms with E-state index in [2.05, 4.69) is 0 Å². The van der Waals surface area contributed by atoms with Crippen molar-refractivity contribution in [2.24, 2.45) is 0 Å². The zero-order valence-corrected chi connectivity index (χ0v) is 11.3. The van der Waals surface area contributed by atoms with Crippen molar-refractivity contribution < 1.29 is 14.4 Å². The molecule has 3 rings (SSSR count). The molecule has 3 aromatic rings. The fourth-order valence-electron chi connectivity index (χ4n) is 2.36. The van der Waals surface area contributed by atoms with Gasteiger partial charge in [-0.05, 0) is 23.3 Å². The molecule has 108 valence electrons. The van der Waals surface area contributed by atoms with Gasteiger partial charge in [0, 0.05) is 5.39 Å². The maximum Gasteiger partial charge on any atom is 0.442 e. The van der Waals surface area contributed by atoms with Gasteiger partial charge in [0.25, 0.3) is 0 Å². The Morgan fingerprint density at radius 1 is 1.23 bits per heavy atom. The molecule has 1 N–H and O–H groups in total. The molecular formula is C16H10N2O4. The Morgan fingerprint density at radius 2 is 1.95 bits per heavy atom. The third kappa shape index (κ3) is 2.20. The predicted octanol–water partition coefficient (Wildman–Crippen LogP) is 3.56. The van der Waals surface area contributed by atoms with Crippen LogP contribution in [-0.2, 0) is 0 Å². The van der Waals surface area contributed by atoms with Gasteiger partial charge in [-0.25, -0.2) is 0 Å². The zero-order chi connectivity index (χ0) is 15.7. The Morgan fingerprint density at radius 3 is 2.59 bits per heavy atom. The summed E-state index contributed by atoms with van der Waals surface area (Å²) < 4.78 is 5.32. The first kappa shape index (κ1) is 13.8. The van der Waals surface area contributed by atoms with Crippen molar-refractivity contribution in [3.05, 3.63) is 64.2 Å². The predicted molar refractivity (Wildman–Crippen MR) is 78.9 cm³/mol. The molecule has 1 unspecified atom stereocenters. The molecule has 0 saturated carbocycles. The fourth-order valence-corrected chi connectivity index (χ4v) is 2.36. The highest BCUT2D eigenvalue weighted by atomic mass is 16.6. The second-order valence-corrected chi connectivity index (χ2v) is 4.69. The normalized spacial score (nSPS) is 12.0. The summed E-state index contributed by atoms with van der Waals surface area (Å²) in [6.07, 6.45) is -1.29. The fraction of sp³-hybridized carbons (Fsp3) is 0.0625. The summed E-state index contributed by atoms with van der Waals surface area (Å²) in [4.78, 5) is 10.7. The van der Waals surface area contributed by atoms with Crippen LogP contribution < -0.4 is 0 Å². The van der Waals surface area contributed by atoms with Crippen LogP contribution in [-0.4, -0.2) is 10.0 Å². The van der Waals surface area contributed by atoms with Gasteiger partial charge in [-0.15, -0.1) is 0 Å². The first-order chi connectivity index (χ1) is 10.6. The number of rotatable bonds is 3. The Balaban J connectivity index is 2.33. The third-order valence-corrected chi connectivity index (χ3v) is 3.36. The molecule has 0 amide bonds. The van der Waals surface area contributed by atoms with Gasteiger partial charge < -0.3 is 9.52 Å². The highest BCUT2D eigenvalue weighted by molar-refractivity contribution is 5.99. The Kier molecular flexibility index (Phi) is 3.33. The summed E-state index contributed by atoms with van der Waals surface area (Å²) in [5.74, 6) is -0.357. The number of furan rings is 1. The standard InChI is InChI=1S/C16H10N2O4/c17-9-13(19)11-6-7-14-12(8-11)15(16(22-14)18(20)21)10-4-2-1-3-5-10/h1-8,13,19H. The molecule has 1 aromatic heterocycles. The number of nitriles is 1. The summed E-state index contributed by atoms with van der Waals surface area (Å²) in [6, 6.07) is 15.1. The number of aliphatic hydroxyl groups excluding tert-OH is 1. The van der Waals surface area contributed by atoms with Gasteiger partial charge in [0.1, 0.15) is 16.1 Å². The maximum absolute atomic E-state index is 11.2. The lowest BCUT2D eigenvalue weighted by Crippen LogP contribution is -1.92. The van der Waals surface area contributed by atoms with Crippen molar-refractivity contribution >= 4 is 16.9 Å². The lowest BCUT2D eigenvalue weighted by atomic mass is 10.0. The third-order valence-electron chi connectivity index (χ3n) is 3.36. The Hall–Kier alpha value is -3.17. The highest BCUT2D eigenvalue weighted by Crippen LogP contribution is 2.40. The highest BCUT2D eigenvalue weighted by Gasteiger charge is 2.25. The van der Waals surface area contributed by atoms with Gasteiger partial charge >= 0.3 is 5.88 Å². The van der Waals surface area contributed by atoms with E-state index >= 15 is 0 Å². The zero-order valence-electron chi connectivity index (χ0n) is 11.3. The molecule has 0 aliphatic rings. The van der Waals surface area contributed by atoms with Crippen LogP contribution in [0.1, 0.15) is 11.7 Å². The minimum atomic E-state index is -1.29. The van der Waals surface area contributed by atoms with E-state index < -0.39 is 11.0 Å². The lowest BCUT2D eigenvalue weighted by Gasteiger charge is -2.02. The van der Waals surface area contributed by atoms with Crippen LogP contribution in [0.4, 0.5) is 5.88 Å². The van der Waals surface area contributed by atoms with E-state index in [1.165, 1.54) is 12.1 Å². The molecule has 6 nitrogen and oxygen atoms in total. The number of nitro groups is 1. The molecule has 6 heteroatoms. The van der Waals surface area contributed by atoms with Crippen LogP contribution in [0.5, 0.6) is 0 Å². The molecule has 1 atom stereocenters. The maximum atomic E-state index is 11.2. The second kappa shape index (κ2) is 5.31. The van der Waals surface area contributed by atoms with E-state index in [0.29, 0.717) is 27.7 Å². The van der Waals surface area contributed by atoms with E-state index in [-0.39, 0.29) is 5.88 Å². The topological polar surface area (TPSA) is 100 Å². The molecular weight excluding hydrogens is 284 g/mol. The number of aliphatic hydroxyl groups is 1. The minimum absolute atomic E-state index is 0.333. The average molecular weight is 294 g/mol. The lowest BCUT2D eigenvalue weighted by molar-refractivity contribution is -0.400. The summed E-state index contributed by atoms with van der Waals surface area (Å²) in [5.41, 5.74) is 1.67. The molecule has 0 aliphatic heterocycles. The molecule has 0 fully saturated rings. The molecule has 1 heterocycles. The van der Waals surface area contributed by atoms with Gasteiger partial charge in [-0.3, -0.25) is 10.1 Å². The summed E-state index contributed by atoms with van der Waals surface area (Å²) >= 11 is 0. The van der Waals surface area contributed by atoms with Crippen LogP contribution >= 0.6 is 0 Å². The van der Waals surface area contributed by atoms with Crippen LogP contribution in [0.2, 0.25) is 0 Å². The van der Waals surface area contributed by atoms with Crippen LogP contribution in [0.15, 0.2) is 52.9 Å². The Labute approximate surface area is 125 Å². The van der Waals surface area contributed by atoms with E-state index in [9.17, 15) is 15.2 Å². The number of hydrogen-bond acceptors (Lipinski definition) is 5. The van der Waals surface area contributed by atoms with Gasteiger partial charge in [-0.1, -0.05) is 36.4 Å². The van der Waals surface area contributed by atoms with Crippen molar-refractivity contribution in [3.8, 4) is 17.2 Å². The average Bonchev–Trinajstić information content (AvgIpc) is 2.93. The van der Waals surface area contributed by atoms with Gasteiger partial charge in [0.05, 0.1) is 6.07 Å². The summed E-state index contributed by atoms with van der Waals surface area (Å²) in [6.45, 7) is 0. The molecule has 0 spiro atoms. The number of fused-ring (bicyclic) bond motifs is 1.